The third-order valence-electron chi connectivity index (χ3n) is 3.64. The summed E-state index contributed by atoms with van der Waals surface area (Å²) >= 11 is 0. The van der Waals surface area contributed by atoms with Gasteiger partial charge in [0, 0.05) is 0 Å². The predicted octanol–water partition coefficient (Wildman–Crippen LogP) is 3.61. The first kappa shape index (κ1) is 14.5. The molecule has 1 rings (SSSR count). The summed E-state index contributed by atoms with van der Waals surface area (Å²) in [5.74, 6) is 0. The van der Waals surface area contributed by atoms with Crippen LogP contribution in [0.15, 0.2) is 24.3 Å². The van der Waals surface area contributed by atoms with E-state index in [1.165, 1.54) is 5.57 Å². The lowest BCUT2D eigenvalue weighted by Gasteiger charge is -2.31. The van der Waals surface area contributed by atoms with Crippen molar-refractivity contribution >= 4 is 0 Å². The van der Waals surface area contributed by atoms with Gasteiger partial charge in [0.05, 0.1) is 17.3 Å². The van der Waals surface area contributed by atoms with Gasteiger partial charge in [0.1, 0.15) is 0 Å². The number of ether oxygens (including phenoxy) is 1. The zero-order valence-corrected chi connectivity index (χ0v) is 11.6. The first-order chi connectivity index (χ1) is 7.79. The second-order valence-electron chi connectivity index (χ2n) is 5.84. The molecule has 0 aliphatic carbocycles. The number of hydrogen-bond acceptors (Lipinski definition) is 2. The SMILES string of the molecule is C=CC1(C)CCC(C(C)(O)CCC=C(C)C)O1. The average Bonchev–Trinajstić information content (AvgIpc) is 2.62. The summed E-state index contributed by atoms with van der Waals surface area (Å²) in [5, 5.41) is 10.5. The van der Waals surface area contributed by atoms with Crippen molar-refractivity contribution in [2.75, 3.05) is 0 Å². The van der Waals surface area contributed by atoms with Gasteiger partial charge in [-0.25, -0.2) is 0 Å². The highest BCUT2D eigenvalue weighted by molar-refractivity contribution is 5.03. The third kappa shape index (κ3) is 3.97. The van der Waals surface area contributed by atoms with Gasteiger partial charge < -0.3 is 9.84 Å². The minimum Gasteiger partial charge on any atom is -0.387 e. The monoisotopic (exact) mass is 238 g/mol. The molecular weight excluding hydrogens is 212 g/mol. The Morgan fingerprint density at radius 3 is 2.71 bits per heavy atom. The molecule has 3 atom stereocenters. The van der Waals surface area contributed by atoms with Crippen LogP contribution in [0.25, 0.3) is 0 Å². The Morgan fingerprint density at radius 1 is 1.59 bits per heavy atom. The van der Waals surface area contributed by atoms with Crippen LogP contribution in [0.5, 0.6) is 0 Å². The molecule has 0 bridgehead atoms. The van der Waals surface area contributed by atoms with E-state index in [4.69, 9.17) is 4.74 Å². The molecule has 0 saturated carbocycles. The maximum absolute atomic E-state index is 10.5. The fourth-order valence-corrected chi connectivity index (χ4v) is 2.26. The summed E-state index contributed by atoms with van der Waals surface area (Å²) in [6, 6.07) is 0. The van der Waals surface area contributed by atoms with Crippen molar-refractivity contribution in [2.24, 2.45) is 0 Å². The van der Waals surface area contributed by atoms with Gasteiger partial charge in [-0.1, -0.05) is 17.7 Å². The highest BCUT2D eigenvalue weighted by Crippen LogP contribution is 2.37. The molecule has 1 N–H and O–H groups in total. The zero-order valence-electron chi connectivity index (χ0n) is 11.6. The molecule has 2 heteroatoms. The zero-order chi connectivity index (χ0) is 13.1. The number of rotatable bonds is 5. The molecule has 3 unspecified atom stereocenters. The molecule has 98 valence electrons. The van der Waals surface area contributed by atoms with Crippen LogP contribution in [-0.2, 0) is 4.74 Å². The Hall–Kier alpha value is -0.600. The fourth-order valence-electron chi connectivity index (χ4n) is 2.26. The molecule has 0 aromatic heterocycles. The molecular formula is C15H26O2. The minimum atomic E-state index is -0.743. The van der Waals surface area contributed by atoms with Crippen molar-refractivity contribution in [3.05, 3.63) is 24.3 Å². The van der Waals surface area contributed by atoms with Crippen LogP contribution in [0.3, 0.4) is 0 Å². The average molecular weight is 238 g/mol. The molecule has 0 amide bonds. The topological polar surface area (TPSA) is 29.5 Å². The van der Waals surface area contributed by atoms with Crippen molar-refractivity contribution in [3.8, 4) is 0 Å². The number of allylic oxidation sites excluding steroid dienone is 2. The minimum absolute atomic E-state index is 0.0731. The van der Waals surface area contributed by atoms with Crippen LogP contribution in [-0.4, -0.2) is 22.4 Å². The Bertz CT molecular complexity index is 300. The van der Waals surface area contributed by atoms with E-state index in [1.807, 2.05) is 19.9 Å². The lowest BCUT2D eigenvalue weighted by molar-refractivity contribution is -0.112. The molecule has 0 aromatic carbocycles. The standard InChI is InChI=1S/C15H26O2/c1-6-14(4)11-9-13(17-14)15(5,16)10-7-8-12(2)3/h6,8,13,16H,1,7,9-11H2,2-5H3. The van der Waals surface area contributed by atoms with E-state index in [9.17, 15) is 5.11 Å². The summed E-state index contributed by atoms with van der Waals surface area (Å²) in [7, 11) is 0. The van der Waals surface area contributed by atoms with Gasteiger partial charge >= 0.3 is 0 Å². The molecule has 17 heavy (non-hydrogen) atoms. The molecule has 2 nitrogen and oxygen atoms in total. The summed E-state index contributed by atoms with van der Waals surface area (Å²) < 4.78 is 5.93. The molecule has 1 heterocycles. The lowest BCUT2D eigenvalue weighted by Crippen LogP contribution is -2.40. The number of hydrogen-bond donors (Lipinski definition) is 1. The Morgan fingerprint density at radius 2 is 2.24 bits per heavy atom. The second-order valence-corrected chi connectivity index (χ2v) is 5.84. The van der Waals surface area contributed by atoms with E-state index in [-0.39, 0.29) is 11.7 Å². The summed E-state index contributed by atoms with van der Waals surface area (Å²) in [5.41, 5.74) is 0.293. The Balaban J connectivity index is 2.54. The van der Waals surface area contributed by atoms with Gasteiger partial charge in [0.2, 0.25) is 0 Å². The molecule has 1 saturated heterocycles. The molecule has 1 aliphatic heterocycles. The van der Waals surface area contributed by atoms with E-state index in [1.54, 1.807) is 0 Å². The van der Waals surface area contributed by atoms with Gasteiger partial charge in [-0.05, 0) is 53.4 Å². The normalized spacial score (nSPS) is 31.9. The van der Waals surface area contributed by atoms with Crippen LogP contribution >= 0.6 is 0 Å². The number of aliphatic hydroxyl groups is 1. The van der Waals surface area contributed by atoms with Crippen LogP contribution in [0.2, 0.25) is 0 Å². The largest absolute Gasteiger partial charge is 0.387 e. The maximum atomic E-state index is 10.5. The van der Waals surface area contributed by atoms with Gasteiger partial charge in [-0.3, -0.25) is 0 Å². The van der Waals surface area contributed by atoms with Gasteiger partial charge in [-0.15, -0.1) is 6.58 Å². The van der Waals surface area contributed by atoms with Crippen LogP contribution in [0.1, 0.15) is 53.4 Å². The summed E-state index contributed by atoms with van der Waals surface area (Å²) in [6.45, 7) is 11.9. The van der Waals surface area contributed by atoms with E-state index < -0.39 is 5.60 Å². The summed E-state index contributed by atoms with van der Waals surface area (Å²) in [6.07, 6.45) is 7.44. The fraction of sp³-hybridized carbons (Fsp3) is 0.733. The third-order valence-corrected chi connectivity index (χ3v) is 3.64. The highest BCUT2D eigenvalue weighted by Gasteiger charge is 2.42. The van der Waals surface area contributed by atoms with E-state index in [0.717, 1.165) is 25.7 Å². The van der Waals surface area contributed by atoms with Crippen LogP contribution < -0.4 is 0 Å². The van der Waals surface area contributed by atoms with Gasteiger partial charge in [0.25, 0.3) is 0 Å². The van der Waals surface area contributed by atoms with Crippen molar-refractivity contribution in [3.63, 3.8) is 0 Å². The smallest absolute Gasteiger partial charge is 0.0883 e. The maximum Gasteiger partial charge on any atom is 0.0883 e. The Labute approximate surface area is 105 Å². The Kier molecular flexibility index (Phi) is 4.56. The van der Waals surface area contributed by atoms with E-state index >= 15 is 0 Å². The first-order valence-corrected chi connectivity index (χ1v) is 6.46. The summed E-state index contributed by atoms with van der Waals surface area (Å²) in [4.78, 5) is 0. The van der Waals surface area contributed by atoms with E-state index in [2.05, 4.69) is 26.5 Å². The quantitative estimate of drug-likeness (QED) is 0.741. The molecule has 0 spiro atoms. The van der Waals surface area contributed by atoms with Crippen LogP contribution in [0.4, 0.5) is 0 Å². The van der Waals surface area contributed by atoms with Crippen LogP contribution in [0, 0.1) is 0 Å². The van der Waals surface area contributed by atoms with Gasteiger partial charge in [0.15, 0.2) is 0 Å². The van der Waals surface area contributed by atoms with Crippen molar-refractivity contribution in [1.82, 2.24) is 0 Å². The van der Waals surface area contributed by atoms with Crippen molar-refractivity contribution < 1.29 is 9.84 Å². The lowest BCUT2D eigenvalue weighted by atomic mass is 9.90. The second kappa shape index (κ2) is 5.36. The molecule has 0 radical (unpaired) electrons. The van der Waals surface area contributed by atoms with Crippen molar-refractivity contribution in [2.45, 2.75) is 70.7 Å². The van der Waals surface area contributed by atoms with Crippen molar-refractivity contribution in [1.29, 1.82) is 0 Å². The van der Waals surface area contributed by atoms with E-state index in [0.29, 0.717) is 0 Å². The highest BCUT2D eigenvalue weighted by atomic mass is 16.5. The first-order valence-electron chi connectivity index (χ1n) is 6.46. The predicted molar refractivity (Wildman–Crippen MR) is 72.0 cm³/mol. The molecule has 1 fully saturated rings. The molecule has 0 aromatic rings. The molecule has 1 aliphatic rings. The van der Waals surface area contributed by atoms with Gasteiger partial charge in [-0.2, -0.15) is 0 Å².